The van der Waals surface area contributed by atoms with Crippen molar-refractivity contribution in [2.24, 2.45) is 0 Å². The van der Waals surface area contributed by atoms with Crippen LogP contribution in [0, 0.1) is 0 Å². The molecule has 0 N–H and O–H groups in total. The average molecular weight is 477 g/mol. The molecule has 0 aliphatic rings. The molecule has 0 heterocycles. The SMILES string of the molecule is CCC[c-]1cccc1.CCC[c-]1cccc1.CCC[c-]1cccc1.CCC[c-]1cccc1.[Mg+2].[Mg+2]. The molecule has 0 saturated heterocycles. The molecule has 0 aromatic heterocycles. The summed E-state index contributed by atoms with van der Waals surface area (Å²) in [5, 5.41) is 0. The van der Waals surface area contributed by atoms with Crippen molar-refractivity contribution in [3.8, 4) is 0 Å². The third-order valence-corrected chi connectivity index (χ3v) is 5.08. The molecule has 0 atom stereocenters. The van der Waals surface area contributed by atoms with Gasteiger partial charge in [0, 0.05) is 0 Å². The summed E-state index contributed by atoms with van der Waals surface area (Å²) in [4.78, 5) is 0. The molecule has 4 rings (SSSR count). The predicted molar refractivity (Wildman–Crippen MR) is 156 cm³/mol. The van der Waals surface area contributed by atoms with Gasteiger partial charge in [-0.25, -0.2) is 48.5 Å². The van der Waals surface area contributed by atoms with E-state index in [9.17, 15) is 0 Å². The van der Waals surface area contributed by atoms with Gasteiger partial charge in [0.05, 0.1) is 0 Å². The van der Waals surface area contributed by atoms with Crippen LogP contribution in [0.25, 0.3) is 0 Å². The maximum Gasteiger partial charge on any atom is 2.00 e. The summed E-state index contributed by atoms with van der Waals surface area (Å²) in [7, 11) is 0. The molecule has 0 spiro atoms. The zero-order valence-electron chi connectivity index (χ0n) is 22.3. The molecular weight excluding hydrogens is 433 g/mol. The topological polar surface area (TPSA) is 0 Å². The second-order valence-corrected chi connectivity index (χ2v) is 8.17. The van der Waals surface area contributed by atoms with E-state index in [1.165, 1.54) is 73.6 Å². The molecule has 0 nitrogen and oxygen atoms in total. The van der Waals surface area contributed by atoms with Crippen LogP contribution in [0.15, 0.2) is 97.1 Å². The molecule has 0 fully saturated rings. The van der Waals surface area contributed by atoms with Crippen molar-refractivity contribution in [3.05, 3.63) is 119 Å². The van der Waals surface area contributed by atoms with Crippen LogP contribution in [0.3, 0.4) is 0 Å². The summed E-state index contributed by atoms with van der Waals surface area (Å²) in [5.41, 5.74) is 5.86. The molecule has 0 unspecified atom stereocenters. The fourth-order valence-electron chi connectivity index (χ4n) is 3.48. The Morgan fingerprint density at radius 2 is 0.471 bits per heavy atom. The molecule has 0 aliphatic carbocycles. The summed E-state index contributed by atoms with van der Waals surface area (Å²) in [5.74, 6) is 0. The van der Waals surface area contributed by atoms with Crippen LogP contribution in [0.1, 0.15) is 75.6 Å². The summed E-state index contributed by atoms with van der Waals surface area (Å²) >= 11 is 0. The van der Waals surface area contributed by atoms with Crippen molar-refractivity contribution in [1.29, 1.82) is 0 Å². The maximum atomic E-state index is 2.20. The van der Waals surface area contributed by atoms with Crippen molar-refractivity contribution in [3.63, 3.8) is 0 Å². The molecule has 0 bridgehead atoms. The van der Waals surface area contributed by atoms with Gasteiger partial charge in [0.15, 0.2) is 0 Å². The van der Waals surface area contributed by atoms with Gasteiger partial charge in [0.1, 0.15) is 0 Å². The molecule has 0 aliphatic heterocycles. The molecule has 4 aromatic rings. The number of rotatable bonds is 8. The van der Waals surface area contributed by atoms with E-state index in [4.69, 9.17) is 0 Å². The first-order valence-corrected chi connectivity index (χ1v) is 12.6. The van der Waals surface area contributed by atoms with E-state index in [-0.39, 0.29) is 46.1 Å². The first-order valence-electron chi connectivity index (χ1n) is 12.6. The second kappa shape index (κ2) is 25.0. The van der Waals surface area contributed by atoms with Crippen LogP contribution in [0.2, 0.25) is 0 Å². The summed E-state index contributed by atoms with van der Waals surface area (Å²) in [6.45, 7) is 8.81. The van der Waals surface area contributed by atoms with Crippen molar-refractivity contribution >= 4 is 46.1 Å². The predicted octanol–water partition coefficient (Wildman–Crippen LogP) is 8.67. The van der Waals surface area contributed by atoms with Crippen molar-refractivity contribution in [2.75, 3.05) is 0 Å². The second-order valence-electron chi connectivity index (χ2n) is 8.17. The van der Waals surface area contributed by atoms with Gasteiger partial charge in [0.25, 0.3) is 0 Å². The van der Waals surface area contributed by atoms with Gasteiger partial charge in [0.2, 0.25) is 0 Å². The monoisotopic (exact) mass is 476 g/mol. The van der Waals surface area contributed by atoms with E-state index in [1.807, 2.05) is 0 Å². The van der Waals surface area contributed by atoms with Crippen molar-refractivity contribution < 1.29 is 0 Å². The van der Waals surface area contributed by atoms with Gasteiger partial charge in [-0.2, -0.15) is 70.8 Å². The third kappa shape index (κ3) is 18.3. The Bertz CT molecular complexity index is 659. The van der Waals surface area contributed by atoms with E-state index in [0.717, 1.165) is 0 Å². The van der Waals surface area contributed by atoms with E-state index in [0.29, 0.717) is 0 Å². The number of hydrogen-bond donors (Lipinski definition) is 0. The zero-order chi connectivity index (χ0) is 23.3. The molecule has 2 heteroatoms. The Kier molecular flexibility index (Phi) is 25.8. The zero-order valence-corrected chi connectivity index (χ0v) is 25.1. The van der Waals surface area contributed by atoms with E-state index in [2.05, 4.69) is 125 Å². The van der Waals surface area contributed by atoms with Gasteiger partial charge in [-0.1, -0.05) is 79.1 Å². The first-order chi connectivity index (χ1) is 15.7. The van der Waals surface area contributed by atoms with Gasteiger partial charge in [-0.3, -0.25) is 0 Å². The standard InChI is InChI=1S/4C8H11.2Mg/c4*1-2-5-8-6-3-4-7-8;;/h4*3-4,6-7H,2,5H2,1H3;;/q4*-1;2*+2. The fraction of sp³-hybridized carbons (Fsp3) is 0.375. The number of hydrogen-bond acceptors (Lipinski definition) is 0. The van der Waals surface area contributed by atoms with Crippen LogP contribution < -0.4 is 0 Å². The molecular formula is C32H44Mg2. The maximum absolute atomic E-state index is 2.20. The van der Waals surface area contributed by atoms with E-state index >= 15 is 0 Å². The molecule has 0 amide bonds. The largest absolute Gasteiger partial charge is 2.00 e. The number of aryl methyl sites for hydroxylation is 4. The minimum Gasteiger partial charge on any atom is -0.213 e. The summed E-state index contributed by atoms with van der Waals surface area (Å²) in [6.07, 6.45) is 9.93. The summed E-state index contributed by atoms with van der Waals surface area (Å²) < 4.78 is 0. The van der Waals surface area contributed by atoms with Gasteiger partial charge in [-0.15, -0.1) is 0 Å². The van der Waals surface area contributed by atoms with Gasteiger partial charge >= 0.3 is 46.1 Å². The van der Waals surface area contributed by atoms with Crippen LogP contribution in [0.5, 0.6) is 0 Å². The summed E-state index contributed by atoms with van der Waals surface area (Å²) in [6, 6.07) is 34.1. The van der Waals surface area contributed by atoms with Crippen LogP contribution in [0.4, 0.5) is 0 Å². The molecule has 176 valence electrons. The molecule has 0 radical (unpaired) electrons. The van der Waals surface area contributed by atoms with E-state index in [1.54, 1.807) is 0 Å². The Labute approximate surface area is 242 Å². The Balaban J connectivity index is 0. The van der Waals surface area contributed by atoms with Crippen molar-refractivity contribution in [2.45, 2.75) is 79.1 Å². The Morgan fingerprint density at radius 3 is 0.588 bits per heavy atom. The first kappa shape index (κ1) is 35.1. The minimum absolute atomic E-state index is 0. The van der Waals surface area contributed by atoms with Crippen molar-refractivity contribution in [1.82, 2.24) is 0 Å². The molecule has 0 saturated carbocycles. The van der Waals surface area contributed by atoms with Crippen LogP contribution in [-0.4, -0.2) is 46.1 Å². The smallest absolute Gasteiger partial charge is 0.213 e. The molecule has 34 heavy (non-hydrogen) atoms. The Hall–Kier alpha value is -1.07. The van der Waals surface area contributed by atoms with Gasteiger partial charge < -0.3 is 0 Å². The Morgan fingerprint density at radius 1 is 0.324 bits per heavy atom. The minimum atomic E-state index is 0. The third-order valence-electron chi connectivity index (χ3n) is 5.08. The normalized spacial score (nSPS) is 9.06. The quantitative estimate of drug-likeness (QED) is 0.176. The van der Waals surface area contributed by atoms with E-state index < -0.39 is 0 Å². The van der Waals surface area contributed by atoms with Crippen LogP contribution >= 0.6 is 0 Å². The average Bonchev–Trinajstić information content (AvgIpc) is 3.60. The molecule has 4 aromatic carbocycles. The van der Waals surface area contributed by atoms with Gasteiger partial charge in [-0.05, 0) is 0 Å². The van der Waals surface area contributed by atoms with Crippen LogP contribution in [-0.2, 0) is 25.7 Å². The fourth-order valence-corrected chi connectivity index (χ4v) is 3.48.